The summed E-state index contributed by atoms with van der Waals surface area (Å²) in [6.07, 6.45) is 39.0. The van der Waals surface area contributed by atoms with Crippen LogP contribution in [0.2, 0.25) is 0 Å². The zero-order valence-electron chi connectivity index (χ0n) is 56.6. The van der Waals surface area contributed by atoms with Gasteiger partial charge in [0.25, 0.3) is 0 Å². The Labute approximate surface area is 530 Å². The maximum Gasteiger partial charge on any atom is 0.472 e. The van der Waals surface area contributed by atoms with Gasteiger partial charge in [0.2, 0.25) is 0 Å². The SMILES string of the molecule is CCC(C)CCCCCCCCCCC(=O)O[C@H](COC(=O)CCCCCCCCCCCC(C)C)COP(=O)(O)OC[C@@H](O)COP(=O)(O)OC[C@@H](COC(=O)CCCCCCCCC(C)C)OC(=O)CCCCCCCCCCCCCC(C)C. The molecule has 0 bridgehead atoms. The van der Waals surface area contributed by atoms with Gasteiger partial charge in [-0.2, -0.15) is 0 Å². The summed E-state index contributed by atoms with van der Waals surface area (Å²) in [6.45, 7) is 14.0. The minimum absolute atomic E-state index is 0.104. The fourth-order valence-electron chi connectivity index (χ4n) is 10.1. The molecule has 0 radical (unpaired) electrons. The van der Waals surface area contributed by atoms with Crippen molar-refractivity contribution in [3.63, 3.8) is 0 Å². The van der Waals surface area contributed by atoms with Crippen molar-refractivity contribution in [2.75, 3.05) is 39.6 Å². The number of phosphoric ester groups is 2. The fraction of sp³-hybridized carbons (Fsp3) is 0.941. The first-order valence-corrected chi connectivity index (χ1v) is 38.2. The lowest BCUT2D eigenvalue weighted by Gasteiger charge is -2.21. The van der Waals surface area contributed by atoms with Gasteiger partial charge in [-0.25, -0.2) is 9.13 Å². The van der Waals surface area contributed by atoms with Crippen molar-refractivity contribution in [1.29, 1.82) is 0 Å². The minimum Gasteiger partial charge on any atom is -0.462 e. The molecule has 87 heavy (non-hydrogen) atoms. The van der Waals surface area contributed by atoms with Crippen LogP contribution in [-0.2, 0) is 65.4 Å². The molecule has 3 unspecified atom stereocenters. The number of aliphatic hydroxyl groups is 1. The highest BCUT2D eigenvalue weighted by Gasteiger charge is 2.30. The topological polar surface area (TPSA) is 237 Å². The summed E-state index contributed by atoms with van der Waals surface area (Å²) in [4.78, 5) is 72.4. The van der Waals surface area contributed by atoms with Crippen LogP contribution >= 0.6 is 15.6 Å². The summed E-state index contributed by atoms with van der Waals surface area (Å²) in [7, 11) is -9.90. The third kappa shape index (κ3) is 61.3. The molecule has 0 saturated heterocycles. The van der Waals surface area contributed by atoms with E-state index in [0.717, 1.165) is 114 Å². The second-order valence-electron chi connectivity index (χ2n) is 26.2. The number of aliphatic hydroxyl groups excluding tert-OH is 1. The van der Waals surface area contributed by atoms with Crippen molar-refractivity contribution in [3.05, 3.63) is 0 Å². The van der Waals surface area contributed by atoms with Gasteiger partial charge in [0, 0.05) is 25.7 Å². The molecule has 0 aromatic rings. The summed E-state index contributed by atoms with van der Waals surface area (Å²) in [5.74, 6) is 0.823. The number of unbranched alkanes of at least 4 members (excludes halogenated alkanes) is 30. The zero-order chi connectivity index (χ0) is 64.7. The molecular formula is C68H132O17P2. The molecule has 3 N–H and O–H groups in total. The molecule has 0 heterocycles. The van der Waals surface area contributed by atoms with E-state index in [1.165, 1.54) is 128 Å². The Morgan fingerprint density at radius 3 is 0.816 bits per heavy atom. The van der Waals surface area contributed by atoms with E-state index in [9.17, 15) is 43.2 Å². The van der Waals surface area contributed by atoms with E-state index in [0.29, 0.717) is 31.6 Å². The number of rotatable bonds is 65. The van der Waals surface area contributed by atoms with Crippen LogP contribution in [-0.4, -0.2) is 96.7 Å². The summed E-state index contributed by atoms with van der Waals surface area (Å²) in [5.41, 5.74) is 0. The average Bonchev–Trinajstić information content (AvgIpc) is 3.69. The third-order valence-corrected chi connectivity index (χ3v) is 17.8. The van der Waals surface area contributed by atoms with Crippen LogP contribution < -0.4 is 0 Å². The summed E-state index contributed by atoms with van der Waals surface area (Å²) in [5, 5.41) is 10.6. The van der Waals surface area contributed by atoms with Crippen molar-refractivity contribution >= 4 is 39.5 Å². The molecule has 0 amide bonds. The van der Waals surface area contributed by atoms with E-state index in [4.69, 9.17) is 37.0 Å². The molecular weight excluding hydrogens is 1150 g/mol. The molecule has 17 nitrogen and oxygen atoms in total. The van der Waals surface area contributed by atoms with Crippen molar-refractivity contribution < 1.29 is 80.2 Å². The number of hydrogen-bond acceptors (Lipinski definition) is 15. The second-order valence-corrected chi connectivity index (χ2v) is 29.1. The van der Waals surface area contributed by atoms with Gasteiger partial charge in [-0.1, -0.05) is 280 Å². The molecule has 516 valence electrons. The molecule has 0 saturated carbocycles. The van der Waals surface area contributed by atoms with E-state index >= 15 is 0 Å². The van der Waals surface area contributed by atoms with Gasteiger partial charge in [0.1, 0.15) is 19.3 Å². The van der Waals surface area contributed by atoms with Gasteiger partial charge in [0.05, 0.1) is 26.4 Å². The quantitative estimate of drug-likeness (QED) is 0.0222. The van der Waals surface area contributed by atoms with Gasteiger partial charge in [-0.05, 0) is 49.4 Å². The van der Waals surface area contributed by atoms with Crippen LogP contribution in [0.3, 0.4) is 0 Å². The fourth-order valence-corrected chi connectivity index (χ4v) is 11.7. The molecule has 0 aromatic carbocycles. The van der Waals surface area contributed by atoms with E-state index in [1.54, 1.807) is 0 Å². The normalized spacial score (nSPS) is 14.6. The molecule has 0 aromatic heterocycles. The van der Waals surface area contributed by atoms with Crippen LogP contribution in [0.15, 0.2) is 0 Å². The molecule has 0 rings (SSSR count). The Bertz CT molecular complexity index is 1730. The molecule has 0 spiro atoms. The summed E-state index contributed by atoms with van der Waals surface area (Å²) in [6, 6.07) is 0. The summed E-state index contributed by atoms with van der Waals surface area (Å²) < 4.78 is 68.2. The van der Waals surface area contributed by atoms with Crippen LogP contribution in [0.1, 0.15) is 331 Å². The van der Waals surface area contributed by atoms with E-state index in [2.05, 4.69) is 55.4 Å². The van der Waals surface area contributed by atoms with Gasteiger partial charge in [0.15, 0.2) is 12.2 Å². The molecule has 19 heteroatoms. The second kappa shape index (κ2) is 57.9. The molecule has 0 fully saturated rings. The zero-order valence-corrected chi connectivity index (χ0v) is 58.4. The smallest absolute Gasteiger partial charge is 0.462 e. The maximum atomic E-state index is 13.0. The predicted molar refractivity (Wildman–Crippen MR) is 349 cm³/mol. The first kappa shape index (κ1) is 85.1. The van der Waals surface area contributed by atoms with Gasteiger partial charge in [-0.15, -0.1) is 0 Å². The lowest BCUT2D eigenvalue weighted by atomic mass is 9.99. The summed E-state index contributed by atoms with van der Waals surface area (Å²) >= 11 is 0. The lowest BCUT2D eigenvalue weighted by molar-refractivity contribution is -0.161. The van der Waals surface area contributed by atoms with Gasteiger partial charge >= 0.3 is 39.5 Å². The Balaban J connectivity index is 5.26. The highest BCUT2D eigenvalue weighted by molar-refractivity contribution is 7.47. The molecule has 0 aliphatic heterocycles. The number of ether oxygens (including phenoxy) is 4. The standard InChI is InChI=1S/C68H132O17P2/c1-9-61(8)47-39-31-22-18-19-25-35-43-51-68(73)85-63(54-78-65(70)48-40-32-23-17-13-15-21-29-37-45-59(4)5)56-82-86(74,75)80-52-62(69)53-81-87(76,77)83-57-64(55-79-66(71)49-41-33-27-26-30-38-46-60(6)7)84-67(72)50-42-34-24-16-12-10-11-14-20-28-36-44-58(2)3/h58-64,69H,9-57H2,1-8H3,(H,74,75)(H,76,77)/t61?,62-,63-,64-/m1/s1. The molecule has 0 aliphatic carbocycles. The first-order valence-electron chi connectivity index (χ1n) is 35.2. The minimum atomic E-state index is -4.95. The predicted octanol–water partition coefficient (Wildman–Crippen LogP) is 18.9. The Morgan fingerprint density at radius 1 is 0.322 bits per heavy atom. The van der Waals surface area contributed by atoms with Crippen molar-refractivity contribution in [1.82, 2.24) is 0 Å². The van der Waals surface area contributed by atoms with E-state index < -0.39 is 97.5 Å². The van der Waals surface area contributed by atoms with Gasteiger partial charge < -0.3 is 33.8 Å². The van der Waals surface area contributed by atoms with Crippen LogP contribution in [0.25, 0.3) is 0 Å². The average molecular weight is 1280 g/mol. The highest BCUT2D eigenvalue weighted by Crippen LogP contribution is 2.45. The number of phosphoric acid groups is 2. The Morgan fingerprint density at radius 2 is 0.552 bits per heavy atom. The lowest BCUT2D eigenvalue weighted by Crippen LogP contribution is -2.30. The highest BCUT2D eigenvalue weighted by atomic mass is 31.2. The largest absolute Gasteiger partial charge is 0.472 e. The third-order valence-electron chi connectivity index (χ3n) is 15.9. The maximum absolute atomic E-state index is 13.0. The first-order chi connectivity index (χ1) is 41.6. The van der Waals surface area contributed by atoms with Crippen LogP contribution in [0.5, 0.6) is 0 Å². The molecule has 6 atom stereocenters. The number of carbonyl (C=O) groups excluding carboxylic acids is 4. The Hall–Kier alpha value is -1.94. The van der Waals surface area contributed by atoms with Crippen molar-refractivity contribution in [2.45, 2.75) is 350 Å². The van der Waals surface area contributed by atoms with Crippen molar-refractivity contribution in [3.8, 4) is 0 Å². The molecule has 0 aliphatic rings. The van der Waals surface area contributed by atoms with E-state index in [1.807, 2.05) is 0 Å². The van der Waals surface area contributed by atoms with Crippen molar-refractivity contribution in [2.24, 2.45) is 23.7 Å². The van der Waals surface area contributed by atoms with Crippen LogP contribution in [0, 0.1) is 23.7 Å². The number of hydrogen-bond donors (Lipinski definition) is 3. The van der Waals surface area contributed by atoms with Crippen LogP contribution in [0.4, 0.5) is 0 Å². The Kier molecular flexibility index (Phi) is 56.6. The van der Waals surface area contributed by atoms with Gasteiger partial charge in [-0.3, -0.25) is 37.3 Å². The number of esters is 4. The number of carbonyl (C=O) groups is 4. The monoisotopic (exact) mass is 1280 g/mol. The van der Waals surface area contributed by atoms with E-state index in [-0.39, 0.29) is 25.7 Å².